The molecule has 1 saturated carbocycles. The van der Waals surface area contributed by atoms with Crippen LogP contribution in [-0.4, -0.2) is 15.9 Å². The Labute approximate surface area is 106 Å². The first kappa shape index (κ1) is 12.0. The van der Waals surface area contributed by atoms with Crippen molar-refractivity contribution in [2.45, 2.75) is 26.3 Å². The van der Waals surface area contributed by atoms with E-state index in [1.807, 2.05) is 13.0 Å². The quantitative estimate of drug-likeness (QED) is 0.783. The van der Waals surface area contributed by atoms with E-state index >= 15 is 0 Å². The zero-order valence-corrected chi connectivity index (χ0v) is 10.5. The molecule has 5 heteroatoms. The van der Waals surface area contributed by atoms with Crippen LogP contribution in [0.15, 0.2) is 18.5 Å². The van der Waals surface area contributed by atoms with E-state index in [0.717, 1.165) is 24.0 Å². The highest BCUT2D eigenvalue weighted by molar-refractivity contribution is 7.80. The van der Waals surface area contributed by atoms with Gasteiger partial charge >= 0.3 is 0 Å². The van der Waals surface area contributed by atoms with Crippen molar-refractivity contribution >= 4 is 23.1 Å². The van der Waals surface area contributed by atoms with Crippen LogP contribution in [0.3, 0.4) is 0 Å². The smallest absolute Gasteiger partial charge is 0.233 e. The summed E-state index contributed by atoms with van der Waals surface area (Å²) >= 11 is 4.93. The number of nitrogens with two attached hydrogens (primary N) is 1. The molecule has 0 unspecified atom stereocenters. The summed E-state index contributed by atoms with van der Waals surface area (Å²) in [5.74, 6) is -0.0544. The van der Waals surface area contributed by atoms with Crippen molar-refractivity contribution < 1.29 is 4.79 Å². The third-order valence-corrected chi connectivity index (χ3v) is 3.62. The second-order valence-electron chi connectivity index (χ2n) is 4.43. The van der Waals surface area contributed by atoms with E-state index in [2.05, 4.69) is 10.3 Å². The lowest BCUT2D eigenvalue weighted by Crippen LogP contribution is -2.39. The molecule has 1 aromatic rings. The number of rotatable bonds is 4. The molecule has 1 fully saturated rings. The first-order chi connectivity index (χ1) is 8.06. The van der Waals surface area contributed by atoms with Gasteiger partial charge in [-0.05, 0) is 37.0 Å². The largest absolute Gasteiger partial charge is 0.392 e. The Morgan fingerprint density at radius 2 is 2.35 bits per heavy atom. The zero-order chi connectivity index (χ0) is 12.5. The van der Waals surface area contributed by atoms with E-state index in [0.29, 0.717) is 11.5 Å². The number of carbonyl (C=O) groups excluding carboxylic acids is 1. The molecule has 0 spiro atoms. The molecule has 0 aromatic carbocycles. The van der Waals surface area contributed by atoms with Gasteiger partial charge in [-0.15, -0.1) is 0 Å². The summed E-state index contributed by atoms with van der Waals surface area (Å²) in [7, 11) is 0. The molecular weight excluding hydrogens is 234 g/mol. The molecule has 90 valence electrons. The van der Waals surface area contributed by atoms with Crippen LogP contribution in [0.25, 0.3) is 0 Å². The SMILES string of the molecule is Cc1cnccc1CNC(=O)C1(C(N)=S)CC1. The molecule has 1 heterocycles. The number of nitrogens with one attached hydrogen (secondary N) is 1. The molecule has 0 bridgehead atoms. The van der Waals surface area contributed by atoms with Crippen LogP contribution < -0.4 is 11.1 Å². The molecule has 0 saturated heterocycles. The van der Waals surface area contributed by atoms with Crippen molar-refractivity contribution in [1.82, 2.24) is 10.3 Å². The molecule has 0 radical (unpaired) electrons. The second-order valence-corrected chi connectivity index (χ2v) is 4.87. The minimum absolute atomic E-state index is 0.0544. The van der Waals surface area contributed by atoms with Crippen molar-refractivity contribution in [3.8, 4) is 0 Å². The maximum atomic E-state index is 12.0. The van der Waals surface area contributed by atoms with Crippen LogP contribution in [-0.2, 0) is 11.3 Å². The third-order valence-electron chi connectivity index (χ3n) is 3.23. The average molecular weight is 249 g/mol. The van der Waals surface area contributed by atoms with Crippen LogP contribution >= 0.6 is 12.2 Å². The second kappa shape index (κ2) is 4.41. The maximum Gasteiger partial charge on any atom is 0.233 e. The van der Waals surface area contributed by atoms with Crippen LogP contribution in [0.4, 0.5) is 0 Å². The number of hydrogen-bond donors (Lipinski definition) is 2. The molecule has 1 aliphatic rings. The molecule has 0 atom stereocenters. The third kappa shape index (κ3) is 2.29. The van der Waals surface area contributed by atoms with Gasteiger partial charge in [-0.1, -0.05) is 12.2 Å². The highest BCUT2D eigenvalue weighted by Gasteiger charge is 2.52. The van der Waals surface area contributed by atoms with Gasteiger partial charge in [-0.3, -0.25) is 9.78 Å². The van der Waals surface area contributed by atoms with Gasteiger partial charge in [0, 0.05) is 18.9 Å². The molecule has 1 amide bonds. The van der Waals surface area contributed by atoms with Gasteiger partial charge in [0.2, 0.25) is 5.91 Å². The van der Waals surface area contributed by atoms with Gasteiger partial charge in [-0.25, -0.2) is 0 Å². The van der Waals surface area contributed by atoms with E-state index in [-0.39, 0.29) is 5.91 Å². The summed E-state index contributed by atoms with van der Waals surface area (Å²) in [6.07, 6.45) is 5.03. The topological polar surface area (TPSA) is 68.0 Å². The number of nitrogens with zero attached hydrogens (tertiary/aromatic N) is 1. The molecule has 3 N–H and O–H groups in total. The Hall–Kier alpha value is -1.49. The lowest BCUT2D eigenvalue weighted by molar-refractivity contribution is -0.124. The van der Waals surface area contributed by atoms with Gasteiger partial charge < -0.3 is 11.1 Å². The predicted octanol–water partition coefficient (Wildman–Crippen LogP) is 1.07. The highest BCUT2D eigenvalue weighted by Crippen LogP contribution is 2.46. The van der Waals surface area contributed by atoms with E-state index in [1.165, 1.54) is 0 Å². The lowest BCUT2D eigenvalue weighted by Gasteiger charge is -2.14. The van der Waals surface area contributed by atoms with Gasteiger partial charge in [0.15, 0.2) is 0 Å². The minimum atomic E-state index is -0.573. The van der Waals surface area contributed by atoms with E-state index < -0.39 is 5.41 Å². The fraction of sp³-hybridized carbons (Fsp3) is 0.417. The first-order valence-corrected chi connectivity index (χ1v) is 5.95. The van der Waals surface area contributed by atoms with Crippen molar-refractivity contribution in [2.75, 3.05) is 0 Å². The first-order valence-electron chi connectivity index (χ1n) is 5.54. The Morgan fingerprint density at radius 3 is 2.88 bits per heavy atom. The van der Waals surface area contributed by atoms with Crippen molar-refractivity contribution in [3.63, 3.8) is 0 Å². The molecule has 2 rings (SSSR count). The van der Waals surface area contributed by atoms with E-state index in [1.54, 1.807) is 12.4 Å². The van der Waals surface area contributed by atoms with Gasteiger partial charge in [-0.2, -0.15) is 0 Å². The summed E-state index contributed by atoms with van der Waals surface area (Å²) < 4.78 is 0. The van der Waals surface area contributed by atoms with E-state index in [4.69, 9.17) is 18.0 Å². The monoisotopic (exact) mass is 249 g/mol. The normalized spacial score (nSPS) is 16.3. The Bertz CT molecular complexity index is 469. The minimum Gasteiger partial charge on any atom is -0.392 e. The average Bonchev–Trinajstić information content (AvgIpc) is 3.08. The number of pyridine rings is 1. The number of thiocarbonyl (C=S) groups is 1. The summed E-state index contributed by atoms with van der Waals surface area (Å²) in [5.41, 5.74) is 7.15. The van der Waals surface area contributed by atoms with E-state index in [9.17, 15) is 4.79 Å². The number of aromatic nitrogens is 1. The molecular formula is C12H15N3OS. The Morgan fingerprint density at radius 1 is 1.65 bits per heavy atom. The molecule has 1 aliphatic carbocycles. The van der Waals surface area contributed by atoms with Crippen LogP contribution in [0, 0.1) is 12.3 Å². The van der Waals surface area contributed by atoms with Crippen LogP contribution in [0.2, 0.25) is 0 Å². The summed E-state index contributed by atoms with van der Waals surface area (Å²) in [6, 6.07) is 1.90. The van der Waals surface area contributed by atoms with Gasteiger partial charge in [0.25, 0.3) is 0 Å². The zero-order valence-electron chi connectivity index (χ0n) is 9.69. The fourth-order valence-electron chi connectivity index (χ4n) is 1.76. The molecule has 1 aromatic heterocycles. The van der Waals surface area contributed by atoms with Gasteiger partial charge in [0.05, 0.1) is 10.4 Å². The Balaban J connectivity index is 1.98. The maximum absolute atomic E-state index is 12.0. The van der Waals surface area contributed by atoms with Crippen LogP contribution in [0.5, 0.6) is 0 Å². The van der Waals surface area contributed by atoms with Crippen molar-refractivity contribution in [1.29, 1.82) is 0 Å². The summed E-state index contributed by atoms with van der Waals surface area (Å²) in [5, 5.41) is 2.89. The molecule has 0 aliphatic heterocycles. The number of amides is 1. The van der Waals surface area contributed by atoms with Gasteiger partial charge in [0.1, 0.15) is 0 Å². The van der Waals surface area contributed by atoms with Crippen LogP contribution in [0.1, 0.15) is 24.0 Å². The van der Waals surface area contributed by atoms with Crippen molar-refractivity contribution in [2.24, 2.45) is 11.1 Å². The Kier molecular flexibility index (Phi) is 3.11. The molecule has 4 nitrogen and oxygen atoms in total. The number of aryl methyl sites for hydroxylation is 1. The summed E-state index contributed by atoms with van der Waals surface area (Å²) in [4.78, 5) is 16.3. The standard InChI is InChI=1S/C12H15N3OS/c1-8-6-14-5-2-9(8)7-15-11(16)12(3-4-12)10(13)17/h2,5-6H,3-4,7H2,1H3,(H2,13,17)(H,15,16). The fourth-order valence-corrected chi connectivity index (χ4v) is 2.05. The number of carbonyl (C=O) groups is 1. The molecule has 17 heavy (non-hydrogen) atoms. The summed E-state index contributed by atoms with van der Waals surface area (Å²) in [6.45, 7) is 2.46. The van der Waals surface area contributed by atoms with Crippen molar-refractivity contribution in [3.05, 3.63) is 29.6 Å². The predicted molar refractivity (Wildman–Crippen MR) is 69.3 cm³/mol. The lowest BCUT2D eigenvalue weighted by atomic mass is 10.1. The highest BCUT2D eigenvalue weighted by atomic mass is 32.1. The number of hydrogen-bond acceptors (Lipinski definition) is 3.